The molecule has 0 spiro atoms. The monoisotopic (exact) mass is 572 g/mol. The van der Waals surface area contributed by atoms with E-state index >= 15 is 0 Å². The highest BCUT2D eigenvalue weighted by atomic mass is 16.2. The van der Waals surface area contributed by atoms with Gasteiger partial charge in [0.1, 0.15) is 0 Å². The van der Waals surface area contributed by atoms with Gasteiger partial charge in [-0.25, -0.2) is 0 Å². The van der Waals surface area contributed by atoms with Gasteiger partial charge in [0.05, 0.1) is 12.3 Å². The van der Waals surface area contributed by atoms with Gasteiger partial charge >= 0.3 is 0 Å². The first-order valence-electron chi connectivity index (χ1n) is 15.7. The molecule has 2 N–H and O–H groups in total. The summed E-state index contributed by atoms with van der Waals surface area (Å²) >= 11 is 0. The fraction of sp³-hybridized carbons (Fsp3) is 0.529. The van der Waals surface area contributed by atoms with Gasteiger partial charge in [-0.3, -0.25) is 19.2 Å². The van der Waals surface area contributed by atoms with Crippen molar-refractivity contribution in [2.24, 2.45) is 11.8 Å². The van der Waals surface area contributed by atoms with E-state index in [-0.39, 0.29) is 47.9 Å². The minimum Gasteiger partial charge on any atom is -0.342 e. The predicted octanol–water partition coefficient (Wildman–Crippen LogP) is 5.64. The Kier molecular flexibility index (Phi) is 9.93. The molecule has 1 saturated heterocycles. The van der Waals surface area contributed by atoms with E-state index in [1.54, 1.807) is 24.3 Å². The number of nitrogens with one attached hydrogen (secondary N) is 2. The molecule has 0 bridgehead atoms. The normalized spacial score (nSPS) is 19.7. The molecule has 4 amide bonds. The van der Waals surface area contributed by atoms with Crippen LogP contribution in [0, 0.1) is 11.8 Å². The van der Waals surface area contributed by atoms with Crippen molar-refractivity contribution < 1.29 is 19.2 Å². The van der Waals surface area contributed by atoms with Gasteiger partial charge in [0.15, 0.2) is 0 Å². The van der Waals surface area contributed by atoms with Crippen LogP contribution in [-0.2, 0) is 20.8 Å². The number of hydrogen-bond donors (Lipinski definition) is 2. The predicted molar refractivity (Wildman–Crippen MR) is 164 cm³/mol. The van der Waals surface area contributed by atoms with Crippen LogP contribution in [0.2, 0.25) is 0 Å². The van der Waals surface area contributed by atoms with Crippen LogP contribution < -0.4 is 10.6 Å². The Hall–Kier alpha value is -3.68. The highest BCUT2D eigenvalue weighted by molar-refractivity contribution is 5.98. The Balaban J connectivity index is 1.10. The van der Waals surface area contributed by atoms with Crippen LogP contribution in [-0.4, -0.2) is 59.6 Å². The first kappa shape index (κ1) is 29.8. The lowest BCUT2D eigenvalue weighted by Crippen LogP contribution is -2.45. The number of rotatable bonds is 8. The molecule has 1 aliphatic heterocycles. The number of carbonyl (C=O) groups excluding carboxylic acids is 4. The summed E-state index contributed by atoms with van der Waals surface area (Å²) in [5.74, 6) is -0.107. The molecule has 224 valence electrons. The van der Waals surface area contributed by atoms with Gasteiger partial charge in [-0.15, -0.1) is 0 Å². The summed E-state index contributed by atoms with van der Waals surface area (Å²) in [4.78, 5) is 55.4. The van der Waals surface area contributed by atoms with Crippen LogP contribution in [0.5, 0.6) is 0 Å². The highest BCUT2D eigenvalue weighted by Gasteiger charge is 2.33. The van der Waals surface area contributed by atoms with Gasteiger partial charge in [-0.05, 0) is 74.4 Å². The van der Waals surface area contributed by atoms with Crippen LogP contribution in [0.1, 0.15) is 86.6 Å². The molecule has 2 aliphatic carbocycles. The molecular weight excluding hydrogens is 528 g/mol. The van der Waals surface area contributed by atoms with Crippen LogP contribution in [0.4, 0.5) is 11.4 Å². The van der Waals surface area contributed by atoms with Crippen LogP contribution in [0.3, 0.4) is 0 Å². The van der Waals surface area contributed by atoms with Crippen molar-refractivity contribution in [3.63, 3.8) is 0 Å². The lowest BCUT2D eigenvalue weighted by molar-refractivity contribution is -0.138. The summed E-state index contributed by atoms with van der Waals surface area (Å²) in [6.07, 6.45) is 11.6. The van der Waals surface area contributed by atoms with Crippen LogP contribution >= 0.6 is 0 Å². The Morgan fingerprint density at radius 2 is 1.48 bits per heavy atom. The van der Waals surface area contributed by atoms with Gasteiger partial charge in [0.2, 0.25) is 17.7 Å². The summed E-state index contributed by atoms with van der Waals surface area (Å²) in [6, 6.07) is 14.7. The van der Waals surface area contributed by atoms with Crippen molar-refractivity contribution in [3.05, 3.63) is 59.7 Å². The van der Waals surface area contributed by atoms with E-state index < -0.39 is 0 Å². The Bertz CT molecular complexity index is 1260. The maximum Gasteiger partial charge on any atom is 0.253 e. The quantitative estimate of drug-likeness (QED) is 0.428. The van der Waals surface area contributed by atoms with E-state index in [1.165, 1.54) is 6.42 Å². The minimum atomic E-state index is -0.209. The van der Waals surface area contributed by atoms with E-state index in [0.717, 1.165) is 76.3 Å². The summed E-state index contributed by atoms with van der Waals surface area (Å²) < 4.78 is 0. The van der Waals surface area contributed by atoms with Crippen molar-refractivity contribution in [2.45, 2.75) is 83.1 Å². The largest absolute Gasteiger partial charge is 0.342 e. The molecule has 2 aromatic rings. The van der Waals surface area contributed by atoms with Crippen molar-refractivity contribution in [3.8, 4) is 0 Å². The maximum atomic E-state index is 13.0. The zero-order valence-electron chi connectivity index (χ0n) is 24.8. The minimum absolute atomic E-state index is 0.0167. The molecule has 0 radical (unpaired) electrons. The molecule has 3 fully saturated rings. The second-order valence-electron chi connectivity index (χ2n) is 12.3. The van der Waals surface area contributed by atoms with Crippen molar-refractivity contribution in [1.29, 1.82) is 0 Å². The third-order valence-corrected chi connectivity index (χ3v) is 9.23. The van der Waals surface area contributed by atoms with E-state index in [1.807, 2.05) is 41.1 Å². The van der Waals surface area contributed by atoms with E-state index in [0.29, 0.717) is 23.5 Å². The fourth-order valence-corrected chi connectivity index (χ4v) is 6.73. The first-order valence-corrected chi connectivity index (χ1v) is 15.7. The maximum absolute atomic E-state index is 13.0. The lowest BCUT2D eigenvalue weighted by atomic mass is 9.94. The number of piperidine rings is 1. The molecule has 8 heteroatoms. The van der Waals surface area contributed by atoms with Crippen molar-refractivity contribution in [1.82, 2.24) is 9.80 Å². The molecule has 42 heavy (non-hydrogen) atoms. The smallest absolute Gasteiger partial charge is 0.253 e. The molecule has 1 atom stereocenters. The van der Waals surface area contributed by atoms with Gasteiger partial charge < -0.3 is 20.4 Å². The molecule has 5 rings (SSSR count). The Morgan fingerprint density at radius 1 is 0.786 bits per heavy atom. The third-order valence-electron chi connectivity index (χ3n) is 9.23. The number of carbonyl (C=O) groups is 4. The van der Waals surface area contributed by atoms with E-state index in [9.17, 15) is 19.2 Å². The number of nitrogens with zero attached hydrogens (tertiary/aromatic N) is 2. The van der Waals surface area contributed by atoms with Gasteiger partial charge in [0.25, 0.3) is 5.91 Å². The fourth-order valence-electron chi connectivity index (χ4n) is 6.73. The second kappa shape index (κ2) is 14.0. The van der Waals surface area contributed by atoms with E-state index in [2.05, 4.69) is 10.6 Å². The average molecular weight is 573 g/mol. The van der Waals surface area contributed by atoms with Gasteiger partial charge in [0, 0.05) is 49.0 Å². The standard InChI is InChI=1S/C34H44N4O4/c1-37(30-14-3-2-4-15-30)33(41)26-11-7-13-29(22-26)35-31(39)21-24-16-18-28(19-17-24)36-32(40)27-12-8-20-38(23-27)34(42)25-9-5-6-10-25/h7,11,13,16-19,22,25,27,30H,2-6,8-10,12,14-15,20-21,23H2,1H3,(H,35,39)(H,36,40). The third kappa shape index (κ3) is 7.58. The first-order chi connectivity index (χ1) is 20.4. The molecule has 8 nitrogen and oxygen atoms in total. The van der Waals surface area contributed by atoms with Crippen LogP contribution in [0.15, 0.2) is 48.5 Å². The van der Waals surface area contributed by atoms with Crippen LogP contribution in [0.25, 0.3) is 0 Å². The Labute approximate surface area is 249 Å². The summed E-state index contributed by atoms with van der Waals surface area (Å²) in [7, 11) is 1.87. The zero-order valence-corrected chi connectivity index (χ0v) is 24.8. The van der Waals surface area contributed by atoms with E-state index in [4.69, 9.17) is 0 Å². The molecule has 1 unspecified atom stereocenters. The summed E-state index contributed by atoms with van der Waals surface area (Å²) in [5.41, 5.74) is 2.67. The number of anilines is 2. The molecule has 2 saturated carbocycles. The second-order valence-corrected chi connectivity index (χ2v) is 12.3. The van der Waals surface area contributed by atoms with Crippen molar-refractivity contribution in [2.75, 3.05) is 30.8 Å². The summed E-state index contributed by atoms with van der Waals surface area (Å²) in [6.45, 7) is 1.23. The average Bonchev–Trinajstić information content (AvgIpc) is 3.57. The number of likely N-dealkylation sites (tertiary alicyclic amines) is 1. The molecule has 3 aliphatic rings. The summed E-state index contributed by atoms with van der Waals surface area (Å²) in [5, 5.41) is 5.91. The SMILES string of the molecule is CN(C(=O)c1cccc(NC(=O)Cc2ccc(NC(=O)C3CCCN(C(=O)C4CCCC4)C3)cc2)c1)C1CCCCC1. The topological polar surface area (TPSA) is 98.8 Å². The number of benzene rings is 2. The number of amides is 4. The molecule has 1 heterocycles. The number of hydrogen-bond acceptors (Lipinski definition) is 4. The molecule has 0 aromatic heterocycles. The highest BCUT2D eigenvalue weighted by Crippen LogP contribution is 2.29. The zero-order chi connectivity index (χ0) is 29.5. The van der Waals surface area contributed by atoms with Crippen molar-refractivity contribution >= 4 is 35.0 Å². The van der Waals surface area contributed by atoms with Gasteiger partial charge in [-0.2, -0.15) is 0 Å². The Morgan fingerprint density at radius 3 is 2.21 bits per heavy atom. The molecular formula is C34H44N4O4. The lowest BCUT2D eigenvalue weighted by Gasteiger charge is -2.33. The van der Waals surface area contributed by atoms with Gasteiger partial charge in [-0.1, -0.05) is 50.3 Å². The molecule has 2 aromatic carbocycles.